The standard InChI is InChI=1S/C11H15N5/c1-9-3-4-10(6-13-9)5-12-7-11-14-8-16(2)15-11/h3-4,6,8,12H,5,7H2,1-2H3. The molecule has 0 atom stereocenters. The SMILES string of the molecule is Cc1ccc(CNCc2ncn(C)n2)cn1. The van der Waals surface area contributed by atoms with Crippen molar-refractivity contribution in [3.8, 4) is 0 Å². The first-order chi connectivity index (χ1) is 7.74. The molecule has 0 aliphatic rings. The molecular weight excluding hydrogens is 202 g/mol. The highest BCUT2D eigenvalue weighted by molar-refractivity contribution is 5.12. The first-order valence-electron chi connectivity index (χ1n) is 5.21. The molecule has 5 heteroatoms. The van der Waals surface area contributed by atoms with Crippen molar-refractivity contribution >= 4 is 0 Å². The van der Waals surface area contributed by atoms with Crippen LogP contribution in [0.3, 0.4) is 0 Å². The Labute approximate surface area is 94.5 Å². The van der Waals surface area contributed by atoms with Crippen LogP contribution in [0.5, 0.6) is 0 Å². The molecule has 0 fully saturated rings. The van der Waals surface area contributed by atoms with Crippen molar-refractivity contribution in [3.63, 3.8) is 0 Å². The molecule has 0 saturated heterocycles. The lowest BCUT2D eigenvalue weighted by atomic mass is 10.2. The maximum Gasteiger partial charge on any atom is 0.164 e. The van der Waals surface area contributed by atoms with Crippen molar-refractivity contribution in [1.29, 1.82) is 0 Å². The van der Waals surface area contributed by atoms with Crippen LogP contribution in [0.15, 0.2) is 24.7 Å². The molecule has 0 spiro atoms. The lowest BCUT2D eigenvalue weighted by Crippen LogP contribution is -2.14. The number of aromatic nitrogens is 4. The summed E-state index contributed by atoms with van der Waals surface area (Å²) in [5.74, 6) is 0.808. The average molecular weight is 217 g/mol. The van der Waals surface area contributed by atoms with Crippen LogP contribution < -0.4 is 5.32 Å². The van der Waals surface area contributed by atoms with Gasteiger partial charge >= 0.3 is 0 Å². The van der Waals surface area contributed by atoms with Gasteiger partial charge < -0.3 is 5.32 Å². The van der Waals surface area contributed by atoms with E-state index in [-0.39, 0.29) is 0 Å². The van der Waals surface area contributed by atoms with Crippen molar-refractivity contribution in [1.82, 2.24) is 25.1 Å². The van der Waals surface area contributed by atoms with Gasteiger partial charge in [0.15, 0.2) is 5.82 Å². The van der Waals surface area contributed by atoms with E-state index >= 15 is 0 Å². The van der Waals surface area contributed by atoms with Gasteiger partial charge in [0.25, 0.3) is 0 Å². The smallest absolute Gasteiger partial charge is 0.164 e. The van der Waals surface area contributed by atoms with Gasteiger partial charge in [-0.15, -0.1) is 0 Å². The molecule has 0 radical (unpaired) electrons. The molecule has 0 saturated carbocycles. The third-order valence-electron chi connectivity index (χ3n) is 2.23. The predicted molar refractivity (Wildman–Crippen MR) is 60.5 cm³/mol. The van der Waals surface area contributed by atoms with Gasteiger partial charge in [-0.2, -0.15) is 5.10 Å². The zero-order valence-electron chi connectivity index (χ0n) is 9.51. The number of pyridine rings is 1. The number of nitrogens with zero attached hydrogens (tertiary/aromatic N) is 4. The molecular formula is C11H15N5. The Morgan fingerprint density at radius 3 is 2.75 bits per heavy atom. The van der Waals surface area contributed by atoms with E-state index in [2.05, 4.69) is 26.4 Å². The van der Waals surface area contributed by atoms with Gasteiger partial charge in [0, 0.05) is 25.5 Å². The number of nitrogens with one attached hydrogen (secondary N) is 1. The summed E-state index contributed by atoms with van der Waals surface area (Å²) in [4.78, 5) is 8.37. The molecule has 0 amide bonds. The van der Waals surface area contributed by atoms with Gasteiger partial charge in [-0.05, 0) is 18.6 Å². The molecule has 0 aliphatic heterocycles. The van der Waals surface area contributed by atoms with Gasteiger partial charge in [-0.1, -0.05) is 6.07 Å². The summed E-state index contributed by atoms with van der Waals surface area (Å²) in [6, 6.07) is 4.08. The van der Waals surface area contributed by atoms with Gasteiger partial charge in [0.2, 0.25) is 0 Å². The van der Waals surface area contributed by atoms with Crippen LogP contribution in [0, 0.1) is 6.92 Å². The Balaban J connectivity index is 1.82. The van der Waals surface area contributed by atoms with E-state index in [1.54, 1.807) is 11.0 Å². The maximum absolute atomic E-state index is 4.23. The minimum atomic E-state index is 0.675. The van der Waals surface area contributed by atoms with E-state index in [9.17, 15) is 0 Å². The van der Waals surface area contributed by atoms with Gasteiger partial charge in [0.1, 0.15) is 6.33 Å². The third kappa shape index (κ3) is 2.87. The van der Waals surface area contributed by atoms with E-state index < -0.39 is 0 Å². The number of aryl methyl sites for hydroxylation is 2. The molecule has 2 aromatic heterocycles. The van der Waals surface area contributed by atoms with Crippen LogP contribution >= 0.6 is 0 Å². The summed E-state index contributed by atoms with van der Waals surface area (Å²) in [7, 11) is 1.86. The van der Waals surface area contributed by atoms with Crippen molar-refractivity contribution < 1.29 is 0 Å². The zero-order valence-corrected chi connectivity index (χ0v) is 9.51. The quantitative estimate of drug-likeness (QED) is 0.823. The van der Waals surface area contributed by atoms with Crippen LogP contribution in [0.1, 0.15) is 17.1 Å². The van der Waals surface area contributed by atoms with E-state index in [1.807, 2.05) is 26.2 Å². The monoisotopic (exact) mass is 217 g/mol. The summed E-state index contributed by atoms with van der Waals surface area (Å²) in [6.45, 7) is 3.44. The highest BCUT2D eigenvalue weighted by Gasteiger charge is 1.98. The Morgan fingerprint density at radius 1 is 1.25 bits per heavy atom. The van der Waals surface area contributed by atoms with E-state index in [0.717, 1.165) is 18.1 Å². The Kier molecular flexibility index (Phi) is 3.26. The van der Waals surface area contributed by atoms with Crippen LogP contribution in [0.25, 0.3) is 0 Å². The van der Waals surface area contributed by atoms with Crippen molar-refractivity contribution in [2.24, 2.45) is 7.05 Å². The van der Waals surface area contributed by atoms with Gasteiger partial charge in [-0.3, -0.25) is 9.67 Å². The van der Waals surface area contributed by atoms with Crippen molar-refractivity contribution in [2.45, 2.75) is 20.0 Å². The summed E-state index contributed by atoms with van der Waals surface area (Å²) in [5.41, 5.74) is 2.21. The molecule has 0 aliphatic carbocycles. The Hall–Kier alpha value is -1.75. The van der Waals surface area contributed by atoms with Crippen LogP contribution in [-0.2, 0) is 20.1 Å². The summed E-state index contributed by atoms with van der Waals surface area (Å²) >= 11 is 0. The maximum atomic E-state index is 4.23. The molecule has 2 rings (SSSR count). The van der Waals surface area contributed by atoms with E-state index in [1.165, 1.54) is 5.56 Å². The van der Waals surface area contributed by atoms with E-state index in [0.29, 0.717) is 6.54 Å². The number of hydrogen-bond acceptors (Lipinski definition) is 4. The van der Waals surface area contributed by atoms with Crippen LogP contribution in [0.4, 0.5) is 0 Å². The largest absolute Gasteiger partial charge is 0.306 e. The molecule has 84 valence electrons. The average Bonchev–Trinajstić information content (AvgIpc) is 2.67. The minimum Gasteiger partial charge on any atom is -0.306 e. The highest BCUT2D eigenvalue weighted by atomic mass is 15.3. The molecule has 2 heterocycles. The van der Waals surface area contributed by atoms with Crippen LogP contribution in [0.2, 0.25) is 0 Å². The first-order valence-corrected chi connectivity index (χ1v) is 5.21. The van der Waals surface area contributed by atoms with Gasteiger partial charge in [-0.25, -0.2) is 4.98 Å². The Bertz CT molecular complexity index is 446. The molecule has 2 aromatic rings. The number of hydrogen-bond donors (Lipinski definition) is 1. The lowest BCUT2D eigenvalue weighted by molar-refractivity contribution is 0.648. The molecule has 1 N–H and O–H groups in total. The normalized spacial score (nSPS) is 10.6. The second-order valence-electron chi connectivity index (χ2n) is 3.75. The Morgan fingerprint density at radius 2 is 2.12 bits per heavy atom. The molecule has 5 nitrogen and oxygen atoms in total. The first kappa shape index (κ1) is 10.8. The topological polar surface area (TPSA) is 55.6 Å². The molecule has 0 unspecified atom stereocenters. The van der Waals surface area contributed by atoms with Crippen molar-refractivity contribution in [2.75, 3.05) is 0 Å². The summed E-state index contributed by atoms with van der Waals surface area (Å²) < 4.78 is 1.70. The van der Waals surface area contributed by atoms with Crippen LogP contribution in [-0.4, -0.2) is 19.7 Å². The van der Waals surface area contributed by atoms with Crippen molar-refractivity contribution in [3.05, 3.63) is 41.7 Å². The molecule has 0 aromatic carbocycles. The highest BCUT2D eigenvalue weighted by Crippen LogP contribution is 1.99. The summed E-state index contributed by atoms with van der Waals surface area (Å²) in [6.07, 6.45) is 3.58. The van der Waals surface area contributed by atoms with E-state index in [4.69, 9.17) is 0 Å². The molecule has 0 bridgehead atoms. The summed E-state index contributed by atoms with van der Waals surface area (Å²) in [5, 5.41) is 7.46. The number of rotatable bonds is 4. The third-order valence-corrected chi connectivity index (χ3v) is 2.23. The predicted octanol–water partition coefficient (Wildman–Crippen LogP) is 0.808. The zero-order chi connectivity index (χ0) is 11.4. The fourth-order valence-electron chi connectivity index (χ4n) is 1.39. The minimum absolute atomic E-state index is 0.675. The second kappa shape index (κ2) is 4.85. The lowest BCUT2D eigenvalue weighted by Gasteiger charge is -2.02. The fraction of sp³-hybridized carbons (Fsp3) is 0.364. The second-order valence-corrected chi connectivity index (χ2v) is 3.75. The molecule has 16 heavy (non-hydrogen) atoms. The van der Waals surface area contributed by atoms with Gasteiger partial charge in [0.05, 0.1) is 6.54 Å². The fourth-order valence-corrected chi connectivity index (χ4v) is 1.39.